The molecule has 0 fully saturated rings. The number of benzene rings is 6. The molecule has 0 saturated heterocycles. The zero-order valence-electron chi connectivity index (χ0n) is 32.8. The van der Waals surface area contributed by atoms with E-state index in [1.807, 2.05) is 85.2 Å². The third-order valence-electron chi connectivity index (χ3n) is 11.0. The van der Waals surface area contributed by atoms with Crippen LogP contribution in [0.4, 0.5) is 0 Å². The predicted molar refractivity (Wildman–Crippen MR) is 246 cm³/mol. The number of pyridine rings is 3. The molecule has 11 rings (SSSR count). The first-order valence-electron chi connectivity index (χ1n) is 20.2. The molecule has 0 bridgehead atoms. The van der Waals surface area contributed by atoms with Gasteiger partial charge in [0.05, 0.1) is 45.7 Å². The maximum atomic E-state index is 5.15. The van der Waals surface area contributed by atoms with Gasteiger partial charge < -0.3 is 4.57 Å². The second kappa shape index (κ2) is 15.4. The molecule has 286 valence electrons. The fourth-order valence-electron chi connectivity index (χ4n) is 7.93. The van der Waals surface area contributed by atoms with Crippen LogP contribution in [0.1, 0.15) is 0 Å². The Morgan fingerprint density at radius 3 is 1.18 bits per heavy atom. The Morgan fingerprint density at radius 2 is 0.689 bits per heavy atom. The van der Waals surface area contributed by atoms with Crippen molar-refractivity contribution in [2.24, 2.45) is 0 Å². The average Bonchev–Trinajstić information content (AvgIpc) is 3.69. The first-order valence-corrected chi connectivity index (χ1v) is 20.2. The van der Waals surface area contributed by atoms with Crippen LogP contribution in [0, 0.1) is 0 Å². The topological polar surface area (TPSA) is 82.3 Å². The molecule has 0 radical (unpaired) electrons. The number of hydrogen-bond acceptors (Lipinski definition) is 6. The Hall–Kier alpha value is -8.42. The summed E-state index contributed by atoms with van der Waals surface area (Å²) in [7, 11) is 0. The van der Waals surface area contributed by atoms with Crippen molar-refractivity contribution in [2.75, 3.05) is 0 Å². The summed E-state index contributed by atoms with van der Waals surface area (Å²) >= 11 is 0. The monoisotopic (exact) mass is 781 g/mol. The molecule has 5 aromatic heterocycles. The molecular formula is C54H35N7. The second-order valence-corrected chi connectivity index (χ2v) is 14.8. The van der Waals surface area contributed by atoms with E-state index < -0.39 is 0 Å². The number of aromatic nitrogens is 7. The van der Waals surface area contributed by atoms with E-state index >= 15 is 0 Å². The van der Waals surface area contributed by atoms with Gasteiger partial charge >= 0.3 is 0 Å². The van der Waals surface area contributed by atoms with Crippen molar-refractivity contribution in [2.45, 2.75) is 0 Å². The lowest BCUT2D eigenvalue weighted by molar-refractivity contribution is 1.07. The van der Waals surface area contributed by atoms with Crippen molar-refractivity contribution >= 4 is 21.8 Å². The van der Waals surface area contributed by atoms with E-state index in [0.717, 1.165) is 78.4 Å². The van der Waals surface area contributed by atoms with Gasteiger partial charge in [-0.05, 0) is 59.2 Å². The van der Waals surface area contributed by atoms with Gasteiger partial charge in [-0.1, -0.05) is 158 Å². The minimum atomic E-state index is 0.615. The van der Waals surface area contributed by atoms with Crippen LogP contribution >= 0.6 is 0 Å². The molecule has 0 spiro atoms. The lowest BCUT2D eigenvalue weighted by Crippen LogP contribution is -2.00. The Bertz CT molecular complexity index is 3200. The minimum absolute atomic E-state index is 0.615. The van der Waals surface area contributed by atoms with Crippen molar-refractivity contribution in [1.29, 1.82) is 0 Å². The molecule has 6 aromatic carbocycles. The van der Waals surface area contributed by atoms with Gasteiger partial charge in [-0.15, -0.1) is 0 Å². The summed E-state index contributed by atoms with van der Waals surface area (Å²) in [5, 5.41) is 2.43. The number of nitrogens with zero attached hydrogens (tertiary/aromatic N) is 7. The Labute approximate surface area is 352 Å². The fraction of sp³-hybridized carbons (Fsp3) is 0. The van der Waals surface area contributed by atoms with Crippen LogP contribution in [0.3, 0.4) is 0 Å². The Kier molecular flexibility index (Phi) is 9.02. The number of fused-ring (bicyclic) bond motifs is 3. The van der Waals surface area contributed by atoms with Gasteiger partial charge in [-0.2, -0.15) is 0 Å². The molecule has 0 aliphatic carbocycles. The molecular weight excluding hydrogens is 747 g/mol. The summed E-state index contributed by atoms with van der Waals surface area (Å²) in [5.41, 5.74) is 13.3. The minimum Gasteiger partial charge on any atom is -0.308 e. The lowest BCUT2D eigenvalue weighted by atomic mass is 10.0. The first-order chi connectivity index (χ1) is 30.2. The standard InChI is InChI=1S/C54H35N7/c1-4-14-36(15-5-1)42-32-48(57-49(33-42)47-31-29-43(35-56-47)61-50-22-12-10-20-44(50)45-21-11-13-23-51(45)61)46-30-28-41(34-55-46)37-24-26-40(27-25-37)54-59-52(38-16-6-2-7-17-38)58-53(60-54)39-18-8-3-9-19-39/h1-35H. The van der Waals surface area contributed by atoms with Gasteiger partial charge in [-0.3, -0.25) is 9.97 Å². The molecule has 0 aliphatic rings. The van der Waals surface area contributed by atoms with Gasteiger partial charge in [0.15, 0.2) is 17.5 Å². The average molecular weight is 782 g/mol. The van der Waals surface area contributed by atoms with Crippen LogP contribution in [-0.4, -0.2) is 34.5 Å². The van der Waals surface area contributed by atoms with Crippen LogP contribution in [0.25, 0.3) is 107 Å². The van der Waals surface area contributed by atoms with Crippen LogP contribution in [0.5, 0.6) is 0 Å². The third kappa shape index (κ3) is 6.90. The number of rotatable bonds is 8. The highest BCUT2D eigenvalue weighted by molar-refractivity contribution is 6.09. The van der Waals surface area contributed by atoms with Gasteiger partial charge in [0.1, 0.15) is 0 Å². The van der Waals surface area contributed by atoms with Gasteiger partial charge in [0.2, 0.25) is 0 Å². The number of hydrogen-bond donors (Lipinski definition) is 0. The largest absolute Gasteiger partial charge is 0.308 e. The third-order valence-corrected chi connectivity index (χ3v) is 11.0. The van der Waals surface area contributed by atoms with E-state index in [2.05, 4.69) is 132 Å². The molecule has 11 aromatic rings. The normalized spacial score (nSPS) is 11.3. The highest BCUT2D eigenvalue weighted by Gasteiger charge is 2.16. The molecule has 0 aliphatic heterocycles. The van der Waals surface area contributed by atoms with Crippen molar-refractivity contribution in [1.82, 2.24) is 34.5 Å². The molecule has 0 saturated carbocycles. The zero-order valence-corrected chi connectivity index (χ0v) is 32.8. The lowest BCUT2D eigenvalue weighted by Gasteiger charge is -2.11. The van der Waals surface area contributed by atoms with Crippen molar-refractivity contribution < 1.29 is 0 Å². The second-order valence-electron chi connectivity index (χ2n) is 14.8. The van der Waals surface area contributed by atoms with Gasteiger partial charge in [-0.25, -0.2) is 19.9 Å². The smallest absolute Gasteiger partial charge is 0.164 e. The summed E-state index contributed by atoms with van der Waals surface area (Å²) in [4.78, 5) is 29.7. The van der Waals surface area contributed by atoms with Crippen LogP contribution < -0.4 is 0 Å². The fourth-order valence-corrected chi connectivity index (χ4v) is 7.93. The Balaban J connectivity index is 0.912. The molecule has 0 unspecified atom stereocenters. The summed E-state index contributed by atoms with van der Waals surface area (Å²) in [6.07, 6.45) is 3.85. The molecule has 0 amide bonds. The molecule has 0 atom stereocenters. The molecule has 7 nitrogen and oxygen atoms in total. The summed E-state index contributed by atoms with van der Waals surface area (Å²) in [6, 6.07) is 68.2. The first kappa shape index (κ1) is 35.7. The molecule has 61 heavy (non-hydrogen) atoms. The van der Waals surface area contributed by atoms with E-state index in [9.17, 15) is 0 Å². The predicted octanol–water partition coefficient (Wildman–Crippen LogP) is 12.8. The van der Waals surface area contributed by atoms with Gasteiger partial charge in [0, 0.05) is 39.2 Å². The summed E-state index contributed by atoms with van der Waals surface area (Å²) in [5.74, 6) is 1.88. The maximum Gasteiger partial charge on any atom is 0.164 e. The van der Waals surface area contributed by atoms with E-state index in [1.54, 1.807) is 0 Å². The van der Waals surface area contributed by atoms with Crippen molar-refractivity contribution in [3.63, 3.8) is 0 Å². The van der Waals surface area contributed by atoms with Crippen molar-refractivity contribution in [3.8, 4) is 84.9 Å². The van der Waals surface area contributed by atoms with E-state index in [4.69, 9.17) is 29.9 Å². The SMILES string of the molecule is c1ccc(-c2cc(-c3ccc(-c4ccc(-c5nc(-c6ccccc6)nc(-c6ccccc6)n5)cc4)cn3)nc(-c3ccc(-n4c5ccccc5c5ccccc54)cn3)c2)cc1. The number of para-hydroxylation sites is 2. The molecule has 5 heterocycles. The van der Waals surface area contributed by atoms with Crippen LogP contribution in [-0.2, 0) is 0 Å². The molecule has 0 N–H and O–H groups in total. The van der Waals surface area contributed by atoms with Gasteiger partial charge in [0.25, 0.3) is 0 Å². The van der Waals surface area contributed by atoms with Crippen LogP contribution in [0.2, 0.25) is 0 Å². The quantitative estimate of drug-likeness (QED) is 0.153. The van der Waals surface area contributed by atoms with E-state index in [-0.39, 0.29) is 0 Å². The highest BCUT2D eigenvalue weighted by Crippen LogP contribution is 2.34. The van der Waals surface area contributed by atoms with Crippen molar-refractivity contribution in [3.05, 3.63) is 213 Å². The van der Waals surface area contributed by atoms with Crippen LogP contribution in [0.15, 0.2) is 213 Å². The zero-order chi connectivity index (χ0) is 40.5. The molecule has 7 heteroatoms. The van der Waals surface area contributed by atoms with E-state index in [0.29, 0.717) is 17.5 Å². The summed E-state index contributed by atoms with van der Waals surface area (Å²) in [6.45, 7) is 0. The highest BCUT2D eigenvalue weighted by atomic mass is 15.0. The Morgan fingerprint density at radius 1 is 0.279 bits per heavy atom. The maximum absolute atomic E-state index is 5.15. The van der Waals surface area contributed by atoms with E-state index in [1.165, 1.54) is 10.8 Å². The summed E-state index contributed by atoms with van der Waals surface area (Å²) < 4.78 is 2.27.